The first kappa shape index (κ1) is 44.0. The van der Waals surface area contributed by atoms with E-state index in [1.165, 1.54) is 88.6 Å². The Morgan fingerprint density at radius 2 is 0.720 bits per heavy atom. The van der Waals surface area contributed by atoms with Crippen molar-refractivity contribution < 1.29 is 0 Å². The second-order valence-corrected chi connectivity index (χ2v) is 19.6. The average Bonchev–Trinajstić information content (AvgIpc) is 4.08. The van der Waals surface area contributed by atoms with Gasteiger partial charge in [0.25, 0.3) is 0 Å². The lowest BCUT2D eigenvalue weighted by Gasteiger charge is -2.34. The maximum Gasteiger partial charge on any atom is 0.0713 e. The molecule has 75 heavy (non-hydrogen) atoms. The summed E-state index contributed by atoms with van der Waals surface area (Å²) in [5.41, 5.74) is 23.3. The molecule has 0 amide bonds. The normalized spacial score (nSPS) is 12.4. The Kier molecular flexibility index (Phi) is 10.8. The van der Waals surface area contributed by atoms with Crippen molar-refractivity contribution >= 4 is 38.9 Å². The van der Waals surface area contributed by atoms with Crippen LogP contribution in [0, 0.1) is 0 Å². The average molecular weight is 955 g/mol. The number of nitrogens with zero attached hydrogens (tertiary/aromatic N) is 2. The zero-order valence-electron chi connectivity index (χ0n) is 41.3. The Balaban J connectivity index is 0.889. The van der Waals surface area contributed by atoms with Crippen LogP contribution in [0.4, 0.5) is 17.1 Å². The molecule has 0 bridgehead atoms. The third-order valence-corrected chi connectivity index (χ3v) is 15.5. The van der Waals surface area contributed by atoms with Gasteiger partial charge in [0.05, 0.1) is 16.4 Å². The van der Waals surface area contributed by atoms with Crippen molar-refractivity contribution in [2.24, 2.45) is 0 Å². The zero-order valence-corrected chi connectivity index (χ0v) is 41.3. The van der Waals surface area contributed by atoms with Crippen molar-refractivity contribution in [3.63, 3.8) is 0 Å². The summed E-state index contributed by atoms with van der Waals surface area (Å²) in [4.78, 5) is 2.43. The summed E-state index contributed by atoms with van der Waals surface area (Å²) in [7, 11) is 0. The summed E-state index contributed by atoms with van der Waals surface area (Å²) < 4.78 is 2.43. The first-order valence-corrected chi connectivity index (χ1v) is 25.9. The van der Waals surface area contributed by atoms with E-state index >= 15 is 0 Å². The van der Waals surface area contributed by atoms with Gasteiger partial charge in [0.2, 0.25) is 0 Å². The van der Waals surface area contributed by atoms with E-state index in [4.69, 9.17) is 0 Å². The van der Waals surface area contributed by atoms with E-state index < -0.39 is 5.41 Å². The Hall–Kier alpha value is -9.76. The fourth-order valence-corrected chi connectivity index (χ4v) is 12.0. The molecule has 12 aromatic carbocycles. The fraction of sp³-hybridized carbons (Fsp3) is 0.0137. The van der Waals surface area contributed by atoms with Gasteiger partial charge in [-0.15, -0.1) is 0 Å². The van der Waals surface area contributed by atoms with E-state index in [0.717, 1.165) is 33.9 Å². The molecule has 2 nitrogen and oxygen atoms in total. The monoisotopic (exact) mass is 954 g/mol. The number of aromatic nitrogens is 1. The number of benzene rings is 12. The molecule has 0 fully saturated rings. The maximum absolute atomic E-state index is 2.43. The molecule has 0 unspecified atom stereocenters. The van der Waals surface area contributed by atoms with Gasteiger partial charge in [-0.25, -0.2) is 0 Å². The minimum Gasteiger partial charge on any atom is -0.310 e. The van der Waals surface area contributed by atoms with Gasteiger partial charge in [0, 0.05) is 33.5 Å². The minimum absolute atomic E-state index is 0.478. The van der Waals surface area contributed by atoms with E-state index in [1.807, 2.05) is 0 Å². The van der Waals surface area contributed by atoms with Crippen LogP contribution in [0.5, 0.6) is 0 Å². The van der Waals surface area contributed by atoms with Gasteiger partial charge in [-0.2, -0.15) is 0 Å². The van der Waals surface area contributed by atoms with Crippen molar-refractivity contribution in [1.82, 2.24) is 4.57 Å². The number of hydrogen-bond acceptors (Lipinski definition) is 1. The molecular formula is C73H50N2. The minimum atomic E-state index is -0.478. The van der Waals surface area contributed by atoms with Crippen LogP contribution in [0.2, 0.25) is 0 Å². The molecule has 0 saturated carbocycles. The van der Waals surface area contributed by atoms with Crippen molar-refractivity contribution in [2.45, 2.75) is 5.41 Å². The largest absolute Gasteiger partial charge is 0.310 e. The molecule has 1 heterocycles. The summed E-state index contributed by atoms with van der Waals surface area (Å²) in [6, 6.07) is 111. The second kappa shape index (κ2) is 18.4. The fourth-order valence-electron chi connectivity index (χ4n) is 12.0. The SMILES string of the molecule is c1ccc(-c2ccc(N(c3cccc(-c4cccc(-c5ccc6c7ccccc7n(-c7cccc(-c8ccccc8)c7)c6c5)c4)c3)c3ccc4c(c3)-c3ccccc3C4(c3ccccc3)c3ccccc3)cc2)cc1. The zero-order chi connectivity index (χ0) is 49.7. The highest BCUT2D eigenvalue weighted by molar-refractivity contribution is 6.10. The van der Waals surface area contributed by atoms with Gasteiger partial charge in [-0.3, -0.25) is 0 Å². The van der Waals surface area contributed by atoms with Gasteiger partial charge < -0.3 is 9.47 Å². The van der Waals surface area contributed by atoms with Crippen LogP contribution in [-0.2, 0) is 5.41 Å². The highest BCUT2D eigenvalue weighted by Gasteiger charge is 2.46. The Bertz CT molecular complexity index is 4170. The third-order valence-electron chi connectivity index (χ3n) is 15.5. The van der Waals surface area contributed by atoms with Crippen molar-refractivity contribution in [3.05, 3.63) is 326 Å². The summed E-state index contributed by atoms with van der Waals surface area (Å²) in [6.07, 6.45) is 0. The molecule has 13 aromatic rings. The van der Waals surface area contributed by atoms with Gasteiger partial charge in [0.15, 0.2) is 0 Å². The van der Waals surface area contributed by atoms with Gasteiger partial charge in [-0.1, -0.05) is 237 Å². The quantitative estimate of drug-likeness (QED) is 0.133. The second-order valence-electron chi connectivity index (χ2n) is 19.6. The highest BCUT2D eigenvalue weighted by Crippen LogP contribution is 2.57. The van der Waals surface area contributed by atoms with Crippen LogP contribution < -0.4 is 4.90 Å². The molecule has 0 spiro atoms. The Morgan fingerprint density at radius 1 is 0.253 bits per heavy atom. The molecule has 0 N–H and O–H groups in total. The van der Waals surface area contributed by atoms with E-state index in [0.29, 0.717) is 0 Å². The molecule has 352 valence electrons. The first-order valence-electron chi connectivity index (χ1n) is 25.9. The molecule has 0 radical (unpaired) electrons. The molecule has 0 atom stereocenters. The molecule has 1 aliphatic rings. The van der Waals surface area contributed by atoms with Crippen LogP contribution in [0.15, 0.2) is 303 Å². The number of rotatable bonds is 10. The van der Waals surface area contributed by atoms with Crippen LogP contribution in [0.1, 0.15) is 22.3 Å². The molecule has 14 rings (SSSR count). The summed E-state index contributed by atoms with van der Waals surface area (Å²) in [6.45, 7) is 0. The predicted octanol–water partition coefficient (Wildman–Crippen LogP) is 19.3. The van der Waals surface area contributed by atoms with E-state index in [-0.39, 0.29) is 0 Å². The van der Waals surface area contributed by atoms with Gasteiger partial charge in [0.1, 0.15) is 0 Å². The van der Waals surface area contributed by atoms with Crippen LogP contribution in [0.3, 0.4) is 0 Å². The number of fused-ring (bicyclic) bond motifs is 6. The molecule has 1 aromatic heterocycles. The maximum atomic E-state index is 2.43. The molecule has 2 heteroatoms. The summed E-state index contributed by atoms with van der Waals surface area (Å²) in [5.74, 6) is 0. The van der Waals surface area contributed by atoms with E-state index in [2.05, 4.69) is 313 Å². The number of para-hydroxylation sites is 1. The molecule has 0 aliphatic heterocycles. The van der Waals surface area contributed by atoms with E-state index in [1.54, 1.807) is 0 Å². The summed E-state index contributed by atoms with van der Waals surface area (Å²) in [5, 5.41) is 2.48. The van der Waals surface area contributed by atoms with E-state index in [9.17, 15) is 0 Å². The van der Waals surface area contributed by atoms with Crippen molar-refractivity contribution in [2.75, 3.05) is 4.90 Å². The van der Waals surface area contributed by atoms with Crippen molar-refractivity contribution in [1.29, 1.82) is 0 Å². The lowest BCUT2D eigenvalue weighted by Crippen LogP contribution is -2.28. The molecular weight excluding hydrogens is 905 g/mol. The standard InChI is InChI=1S/C73H50N2/c1-5-20-51(21-6-1)53-38-41-61(42-39-53)74(64-43-45-70-68(50-64)65-34-13-15-36-69(65)73(70,59-28-9-3-10-29-59)60-30-11-4-12-31-60)62-32-19-27-57(48-62)54-24-17-25-55(46-54)58-40-44-67-66-35-14-16-37-71(66)75(72(67)49-58)63-33-18-26-56(47-63)52-22-7-2-8-23-52/h1-50H. The van der Waals surface area contributed by atoms with Crippen LogP contribution in [0.25, 0.3) is 83.1 Å². The van der Waals surface area contributed by atoms with Crippen LogP contribution in [-0.4, -0.2) is 4.57 Å². The number of anilines is 3. The lowest BCUT2D eigenvalue weighted by molar-refractivity contribution is 0.768. The van der Waals surface area contributed by atoms with Gasteiger partial charge in [-0.05, 0) is 145 Å². The topological polar surface area (TPSA) is 8.17 Å². The molecule has 1 aliphatic carbocycles. The van der Waals surface area contributed by atoms with Gasteiger partial charge >= 0.3 is 0 Å². The number of hydrogen-bond donors (Lipinski definition) is 0. The highest BCUT2D eigenvalue weighted by atomic mass is 15.1. The van der Waals surface area contributed by atoms with Crippen LogP contribution >= 0.6 is 0 Å². The first-order chi connectivity index (χ1) is 37.2. The predicted molar refractivity (Wildman–Crippen MR) is 315 cm³/mol. The Morgan fingerprint density at radius 3 is 1.43 bits per heavy atom. The lowest BCUT2D eigenvalue weighted by atomic mass is 9.68. The molecule has 0 saturated heterocycles. The Labute approximate surface area is 438 Å². The van der Waals surface area contributed by atoms with Crippen molar-refractivity contribution in [3.8, 4) is 61.3 Å². The smallest absolute Gasteiger partial charge is 0.0713 e. The summed E-state index contributed by atoms with van der Waals surface area (Å²) >= 11 is 0. The third kappa shape index (κ3) is 7.49.